The Morgan fingerprint density at radius 1 is 1.12 bits per heavy atom. The van der Waals surface area contributed by atoms with Crippen LogP contribution in [0.2, 0.25) is 0 Å². The minimum atomic E-state index is -0.986. The minimum absolute atomic E-state index is 0.00161. The van der Waals surface area contributed by atoms with Crippen LogP contribution in [0.1, 0.15) is 29.3 Å². The molecule has 1 aromatic carbocycles. The fraction of sp³-hybridized carbons (Fsp3) is 0.389. The summed E-state index contributed by atoms with van der Waals surface area (Å²) in [6.45, 7) is 3.42. The van der Waals surface area contributed by atoms with E-state index in [0.29, 0.717) is 19.5 Å². The Morgan fingerprint density at radius 2 is 1.73 bits per heavy atom. The molecule has 0 radical (unpaired) electrons. The van der Waals surface area contributed by atoms with E-state index in [1.54, 1.807) is 7.05 Å². The van der Waals surface area contributed by atoms with E-state index in [-0.39, 0.29) is 28.0 Å². The van der Waals surface area contributed by atoms with Crippen molar-refractivity contribution < 1.29 is 22.8 Å². The van der Waals surface area contributed by atoms with Gasteiger partial charge < -0.3 is 14.2 Å². The molecule has 1 aromatic heterocycles. The third-order valence-corrected chi connectivity index (χ3v) is 4.25. The maximum Gasteiger partial charge on any atom is 0.349 e. The molecule has 2 amide bonds. The largest absolute Gasteiger partial charge is 0.419 e. The molecule has 0 spiro atoms. The minimum Gasteiger partial charge on any atom is -0.419 e. The third-order valence-electron chi connectivity index (χ3n) is 4.25. The lowest BCUT2D eigenvalue weighted by molar-refractivity contribution is -0.127. The second-order valence-corrected chi connectivity index (χ2v) is 6.18. The average Bonchev–Trinajstić information content (AvgIpc) is 2.59. The van der Waals surface area contributed by atoms with Crippen molar-refractivity contribution in [3.05, 3.63) is 45.3 Å². The van der Waals surface area contributed by atoms with Crippen LogP contribution in [0, 0.1) is 18.6 Å². The van der Waals surface area contributed by atoms with E-state index in [4.69, 9.17) is 4.42 Å². The molecule has 0 atom stereocenters. The number of benzene rings is 1. The molecule has 26 heavy (non-hydrogen) atoms. The fourth-order valence-electron chi connectivity index (χ4n) is 2.44. The highest BCUT2D eigenvalue weighted by Gasteiger charge is 2.20. The number of fused-ring (bicyclic) bond motifs is 1. The van der Waals surface area contributed by atoms with Crippen molar-refractivity contribution in [3.8, 4) is 0 Å². The molecule has 2 aromatic rings. The highest BCUT2D eigenvalue weighted by atomic mass is 19.1. The molecule has 0 aliphatic carbocycles. The van der Waals surface area contributed by atoms with Crippen molar-refractivity contribution >= 4 is 22.8 Å². The van der Waals surface area contributed by atoms with E-state index in [1.165, 1.54) is 30.7 Å². The smallest absolute Gasteiger partial charge is 0.349 e. The number of nitrogens with zero attached hydrogens (tertiary/aromatic N) is 2. The van der Waals surface area contributed by atoms with E-state index in [2.05, 4.69) is 0 Å². The predicted molar refractivity (Wildman–Crippen MR) is 92.0 cm³/mol. The van der Waals surface area contributed by atoms with Crippen molar-refractivity contribution in [1.29, 1.82) is 0 Å². The van der Waals surface area contributed by atoms with Gasteiger partial charge in [-0.3, -0.25) is 9.59 Å². The van der Waals surface area contributed by atoms with Crippen molar-refractivity contribution in [2.24, 2.45) is 0 Å². The molecular formula is C18H20F2N2O4. The van der Waals surface area contributed by atoms with Gasteiger partial charge in [0.25, 0.3) is 5.91 Å². The summed E-state index contributed by atoms with van der Waals surface area (Å²) in [6.07, 6.45) is 0.514. The Labute approximate surface area is 149 Å². The van der Waals surface area contributed by atoms with E-state index < -0.39 is 23.2 Å². The first-order valence-electron chi connectivity index (χ1n) is 8.03. The maximum atomic E-state index is 14.0. The normalized spacial score (nSPS) is 10.8. The number of carbonyl (C=O) groups is 2. The maximum absolute atomic E-state index is 14.0. The lowest BCUT2D eigenvalue weighted by atomic mass is 10.1. The average molecular weight is 366 g/mol. The molecule has 0 bridgehead atoms. The number of halogens is 2. The second-order valence-electron chi connectivity index (χ2n) is 6.18. The van der Waals surface area contributed by atoms with Gasteiger partial charge in [0, 0.05) is 45.1 Å². The summed E-state index contributed by atoms with van der Waals surface area (Å²) < 4.78 is 32.7. The van der Waals surface area contributed by atoms with Gasteiger partial charge in [0.1, 0.15) is 11.4 Å². The first kappa shape index (κ1) is 19.6. The molecule has 8 heteroatoms. The van der Waals surface area contributed by atoms with Crippen LogP contribution in [0.15, 0.2) is 21.3 Å². The van der Waals surface area contributed by atoms with Crippen LogP contribution in [-0.2, 0) is 4.79 Å². The summed E-state index contributed by atoms with van der Waals surface area (Å²) in [4.78, 5) is 38.5. The van der Waals surface area contributed by atoms with Gasteiger partial charge in [-0.25, -0.2) is 13.6 Å². The van der Waals surface area contributed by atoms with Gasteiger partial charge in [0.2, 0.25) is 5.91 Å². The van der Waals surface area contributed by atoms with Gasteiger partial charge in [0.15, 0.2) is 11.4 Å². The Hall–Kier alpha value is -2.77. The van der Waals surface area contributed by atoms with Gasteiger partial charge in [-0.2, -0.15) is 0 Å². The summed E-state index contributed by atoms with van der Waals surface area (Å²) in [5.74, 6) is -2.46. The number of amides is 2. The van der Waals surface area contributed by atoms with Crippen LogP contribution in [0.5, 0.6) is 0 Å². The number of carbonyl (C=O) groups excluding carboxylic acids is 2. The van der Waals surface area contributed by atoms with Crippen molar-refractivity contribution in [3.63, 3.8) is 0 Å². The fourth-order valence-corrected chi connectivity index (χ4v) is 2.44. The van der Waals surface area contributed by atoms with Crippen LogP contribution in [0.3, 0.4) is 0 Å². The standard InChI is InChI=1S/C18H20F2N2O4/c1-10-14(19)9-12-8-13(18(25)26-16(12)15(10)20)17(24)22(4)7-5-6-21(3)11(2)23/h8-9H,5-7H2,1-4H3. The van der Waals surface area contributed by atoms with Crippen LogP contribution >= 0.6 is 0 Å². The first-order chi connectivity index (χ1) is 12.1. The monoisotopic (exact) mass is 366 g/mol. The van der Waals surface area contributed by atoms with E-state index in [9.17, 15) is 23.2 Å². The lowest BCUT2D eigenvalue weighted by Crippen LogP contribution is -2.34. The predicted octanol–water partition coefficient (Wildman–Crippen LogP) is 2.32. The van der Waals surface area contributed by atoms with Gasteiger partial charge in [-0.05, 0) is 25.5 Å². The highest BCUT2D eigenvalue weighted by molar-refractivity contribution is 5.96. The Morgan fingerprint density at radius 3 is 2.35 bits per heavy atom. The molecular weight excluding hydrogens is 346 g/mol. The molecule has 0 N–H and O–H groups in total. The molecule has 2 rings (SSSR count). The number of hydrogen-bond acceptors (Lipinski definition) is 4. The highest BCUT2D eigenvalue weighted by Crippen LogP contribution is 2.23. The van der Waals surface area contributed by atoms with Crippen LogP contribution in [0.25, 0.3) is 11.0 Å². The topological polar surface area (TPSA) is 70.8 Å². The second kappa shape index (κ2) is 7.63. The van der Waals surface area contributed by atoms with Crippen LogP contribution in [-0.4, -0.2) is 48.8 Å². The number of hydrogen-bond donors (Lipinski definition) is 0. The molecule has 1 heterocycles. The summed E-state index contributed by atoms with van der Waals surface area (Å²) in [5.41, 5.74) is -1.93. The number of rotatable bonds is 5. The van der Waals surface area contributed by atoms with Gasteiger partial charge >= 0.3 is 5.63 Å². The van der Waals surface area contributed by atoms with Crippen molar-refractivity contribution in [1.82, 2.24) is 9.80 Å². The van der Waals surface area contributed by atoms with Crippen molar-refractivity contribution in [2.75, 3.05) is 27.2 Å². The molecule has 0 saturated heterocycles. The molecule has 0 unspecified atom stereocenters. The third kappa shape index (κ3) is 3.89. The Bertz CT molecular complexity index is 924. The zero-order valence-corrected chi connectivity index (χ0v) is 15.1. The summed E-state index contributed by atoms with van der Waals surface area (Å²) in [5, 5.41) is -0.00161. The SMILES string of the molecule is CC(=O)N(C)CCCN(C)C(=O)c1cc2cc(F)c(C)c(F)c2oc1=O. The van der Waals surface area contributed by atoms with E-state index in [1.807, 2.05) is 0 Å². The summed E-state index contributed by atoms with van der Waals surface area (Å²) in [6, 6.07) is 2.16. The van der Waals surface area contributed by atoms with Crippen LogP contribution < -0.4 is 5.63 Å². The van der Waals surface area contributed by atoms with Gasteiger partial charge in [0.05, 0.1) is 0 Å². The van der Waals surface area contributed by atoms with Crippen LogP contribution in [0.4, 0.5) is 8.78 Å². The molecule has 6 nitrogen and oxygen atoms in total. The van der Waals surface area contributed by atoms with E-state index >= 15 is 0 Å². The first-order valence-corrected chi connectivity index (χ1v) is 8.03. The molecule has 0 aliphatic heterocycles. The van der Waals surface area contributed by atoms with Gasteiger partial charge in [-0.15, -0.1) is 0 Å². The lowest BCUT2D eigenvalue weighted by Gasteiger charge is -2.19. The summed E-state index contributed by atoms with van der Waals surface area (Å²) >= 11 is 0. The zero-order chi connectivity index (χ0) is 19.6. The Kier molecular flexibility index (Phi) is 5.74. The van der Waals surface area contributed by atoms with E-state index in [0.717, 1.165) is 12.1 Å². The van der Waals surface area contributed by atoms with Gasteiger partial charge in [-0.1, -0.05) is 0 Å². The zero-order valence-electron chi connectivity index (χ0n) is 15.1. The molecule has 0 aliphatic rings. The molecule has 140 valence electrons. The van der Waals surface area contributed by atoms with Crippen molar-refractivity contribution in [2.45, 2.75) is 20.3 Å². The Balaban J connectivity index is 2.24. The molecule has 0 fully saturated rings. The molecule has 0 saturated carbocycles. The quantitative estimate of drug-likeness (QED) is 0.762. The summed E-state index contributed by atoms with van der Waals surface area (Å²) in [7, 11) is 3.14.